The van der Waals surface area contributed by atoms with Gasteiger partial charge in [-0.15, -0.1) is 0 Å². The molecule has 1 aliphatic carbocycles. The maximum atomic E-state index is 9.05. The van der Waals surface area contributed by atoms with E-state index in [-0.39, 0.29) is 0 Å². The molecule has 0 saturated heterocycles. The van der Waals surface area contributed by atoms with Gasteiger partial charge < -0.3 is 0 Å². The molecule has 0 spiro atoms. The fourth-order valence-corrected chi connectivity index (χ4v) is 3.54. The summed E-state index contributed by atoms with van der Waals surface area (Å²) in [5.74, 6) is 0. The van der Waals surface area contributed by atoms with E-state index in [1.807, 2.05) is 66.8 Å². The van der Waals surface area contributed by atoms with Gasteiger partial charge in [0, 0.05) is 4.91 Å². The van der Waals surface area contributed by atoms with Gasteiger partial charge in [-0.05, 0) is 90.6 Å². The molecule has 162 valence electrons. The van der Waals surface area contributed by atoms with Crippen LogP contribution in [0, 0.1) is 6.92 Å². The Morgan fingerprint density at radius 1 is 0.697 bits per heavy atom. The normalized spacial score (nSPS) is 12.4. The summed E-state index contributed by atoms with van der Waals surface area (Å²) in [5, 5.41) is 3.88. The second-order valence-corrected chi connectivity index (χ2v) is 7.93. The molecular formula is C28H25N5. The summed E-state index contributed by atoms with van der Waals surface area (Å²) in [4.78, 5) is 12.3. The van der Waals surface area contributed by atoms with Gasteiger partial charge >= 0.3 is 0 Å². The molecular weight excluding hydrogens is 406 g/mol. The average molecular weight is 432 g/mol. The maximum Gasteiger partial charge on any atom is 0.0732 e. The van der Waals surface area contributed by atoms with Crippen LogP contribution in [0.5, 0.6) is 0 Å². The van der Waals surface area contributed by atoms with Crippen molar-refractivity contribution in [2.75, 3.05) is 0 Å². The van der Waals surface area contributed by atoms with Crippen LogP contribution in [0.25, 0.3) is 10.4 Å². The van der Waals surface area contributed by atoms with Crippen LogP contribution >= 0.6 is 0 Å². The van der Waals surface area contributed by atoms with Gasteiger partial charge in [0.15, 0.2) is 0 Å². The Bertz CT molecular complexity index is 1290. The van der Waals surface area contributed by atoms with Gasteiger partial charge in [-0.1, -0.05) is 60.1 Å². The summed E-state index contributed by atoms with van der Waals surface area (Å²) >= 11 is 0. The van der Waals surface area contributed by atoms with Crippen LogP contribution in [-0.2, 0) is 12.8 Å². The zero-order chi connectivity index (χ0) is 23.0. The number of hydrogen-bond donors (Lipinski definition) is 0. The minimum Gasteiger partial charge on any atom is -0.249 e. The molecule has 0 fully saturated rings. The highest BCUT2D eigenvalue weighted by atomic mass is 15.1. The molecule has 0 amide bonds. The highest BCUT2D eigenvalue weighted by molar-refractivity contribution is 6.19. The van der Waals surface area contributed by atoms with Gasteiger partial charge in [0.25, 0.3) is 0 Å². The molecule has 0 aliphatic heterocycles. The summed E-state index contributed by atoms with van der Waals surface area (Å²) in [6.07, 6.45) is 9.48. The number of rotatable bonds is 6. The van der Waals surface area contributed by atoms with Crippen molar-refractivity contribution in [3.05, 3.63) is 124 Å². The van der Waals surface area contributed by atoms with Crippen molar-refractivity contribution in [1.82, 2.24) is 0 Å². The van der Waals surface area contributed by atoms with Gasteiger partial charge in [-0.2, -0.15) is 0 Å². The number of benzene rings is 3. The second kappa shape index (κ2) is 10.4. The van der Waals surface area contributed by atoms with E-state index in [0.29, 0.717) is 11.4 Å². The van der Waals surface area contributed by atoms with E-state index in [0.717, 1.165) is 35.5 Å². The summed E-state index contributed by atoms with van der Waals surface area (Å²) in [7, 11) is 0. The highest BCUT2D eigenvalue weighted by Crippen LogP contribution is 2.31. The lowest BCUT2D eigenvalue weighted by molar-refractivity contribution is 1.12. The van der Waals surface area contributed by atoms with Crippen molar-refractivity contribution < 1.29 is 0 Å². The molecule has 5 nitrogen and oxygen atoms in total. The third-order valence-electron chi connectivity index (χ3n) is 5.42. The summed E-state index contributed by atoms with van der Waals surface area (Å²) in [5.41, 5.74) is 17.6. The number of azide groups is 1. The van der Waals surface area contributed by atoms with Crippen molar-refractivity contribution in [2.24, 2.45) is 15.1 Å². The Morgan fingerprint density at radius 3 is 1.94 bits per heavy atom. The Labute approximate surface area is 194 Å². The number of allylic oxidation sites excluding steroid dienone is 4. The van der Waals surface area contributed by atoms with Crippen molar-refractivity contribution in [3.63, 3.8) is 0 Å². The first-order valence-corrected chi connectivity index (χ1v) is 11.0. The molecule has 5 heteroatoms. The maximum absolute atomic E-state index is 9.05. The summed E-state index contributed by atoms with van der Waals surface area (Å²) in [6.45, 7) is 4.21. The molecule has 3 aromatic rings. The molecule has 0 aromatic heterocycles. The first kappa shape index (κ1) is 22.0. The standard InChI is InChI=1S/C28H25N5/c1-3-21-6-8-22(9-7-21)18-23-10-17-27(28(19-23)32-33-29)31-26-15-13-25(14-16-26)30-24-11-4-20(2)5-12-24/h4-17,19H,3,18H2,1-2H3. The monoisotopic (exact) mass is 431 g/mol. The van der Waals surface area contributed by atoms with Gasteiger partial charge in [-0.25, -0.2) is 9.98 Å². The van der Waals surface area contributed by atoms with E-state index in [1.54, 1.807) is 0 Å². The predicted octanol–water partition coefficient (Wildman–Crippen LogP) is 8.06. The third kappa shape index (κ3) is 5.94. The Morgan fingerprint density at radius 2 is 1.30 bits per heavy atom. The van der Waals surface area contributed by atoms with Gasteiger partial charge in [0.1, 0.15) is 0 Å². The number of aliphatic imine (C=N–C) groups is 2. The summed E-state index contributed by atoms with van der Waals surface area (Å²) < 4.78 is 0. The van der Waals surface area contributed by atoms with Crippen LogP contribution in [0.1, 0.15) is 29.2 Å². The molecule has 3 aromatic carbocycles. The van der Waals surface area contributed by atoms with E-state index in [1.165, 1.54) is 16.7 Å². The molecule has 0 saturated carbocycles. The van der Waals surface area contributed by atoms with Gasteiger partial charge in [0.05, 0.1) is 28.5 Å². The minimum absolute atomic E-state index is 0.522. The summed E-state index contributed by atoms with van der Waals surface area (Å²) in [6, 6.07) is 22.5. The van der Waals surface area contributed by atoms with Gasteiger partial charge in [0.2, 0.25) is 0 Å². The molecule has 0 bridgehead atoms. The van der Waals surface area contributed by atoms with Crippen LogP contribution < -0.4 is 0 Å². The third-order valence-corrected chi connectivity index (χ3v) is 5.42. The van der Waals surface area contributed by atoms with Crippen LogP contribution in [-0.4, -0.2) is 11.4 Å². The van der Waals surface area contributed by atoms with Crippen LogP contribution in [0.4, 0.5) is 17.1 Å². The number of hydrogen-bond acceptors (Lipinski definition) is 3. The number of aryl methyl sites for hydroxylation is 2. The van der Waals surface area contributed by atoms with Crippen LogP contribution in [0.2, 0.25) is 0 Å². The lowest BCUT2D eigenvalue weighted by atomic mass is 10.0. The average Bonchev–Trinajstić information content (AvgIpc) is 2.84. The Hall–Kier alpha value is -4.21. The molecule has 0 N–H and O–H groups in total. The zero-order valence-corrected chi connectivity index (χ0v) is 18.8. The predicted molar refractivity (Wildman–Crippen MR) is 138 cm³/mol. The van der Waals surface area contributed by atoms with E-state index in [4.69, 9.17) is 5.53 Å². The lowest BCUT2D eigenvalue weighted by Crippen LogP contribution is -1.99. The largest absolute Gasteiger partial charge is 0.249 e. The molecule has 4 rings (SSSR count). The first-order chi connectivity index (χ1) is 16.1. The van der Waals surface area contributed by atoms with Crippen molar-refractivity contribution in [3.8, 4) is 0 Å². The minimum atomic E-state index is 0.522. The van der Waals surface area contributed by atoms with Crippen molar-refractivity contribution in [2.45, 2.75) is 26.7 Å². The highest BCUT2D eigenvalue weighted by Gasteiger charge is 2.06. The quantitative estimate of drug-likeness (QED) is 0.164. The second-order valence-electron chi connectivity index (χ2n) is 7.93. The molecule has 0 atom stereocenters. The van der Waals surface area contributed by atoms with Crippen LogP contribution in [0.3, 0.4) is 0 Å². The Kier molecular flexibility index (Phi) is 6.93. The van der Waals surface area contributed by atoms with E-state index in [9.17, 15) is 0 Å². The van der Waals surface area contributed by atoms with Crippen molar-refractivity contribution in [1.29, 1.82) is 0 Å². The smallest absolute Gasteiger partial charge is 0.0732 e. The lowest BCUT2D eigenvalue weighted by Gasteiger charge is -2.08. The fourth-order valence-electron chi connectivity index (χ4n) is 3.54. The SMILES string of the molecule is CCc1ccc(Cc2ccc(N=C3C=CC(=Nc4ccc(C)cc4)C=C3)c(N=[N+]=[N-])c2)cc1. The van der Waals surface area contributed by atoms with Gasteiger partial charge in [-0.3, -0.25) is 0 Å². The molecule has 0 unspecified atom stereocenters. The van der Waals surface area contributed by atoms with E-state index >= 15 is 0 Å². The molecule has 0 heterocycles. The van der Waals surface area contributed by atoms with Crippen LogP contribution in [0.15, 0.2) is 106 Å². The molecule has 33 heavy (non-hydrogen) atoms. The molecule has 0 radical (unpaired) electrons. The zero-order valence-electron chi connectivity index (χ0n) is 18.8. The fraction of sp³-hybridized carbons (Fsp3) is 0.143. The van der Waals surface area contributed by atoms with E-state index in [2.05, 4.69) is 58.1 Å². The molecule has 1 aliphatic rings. The van der Waals surface area contributed by atoms with E-state index < -0.39 is 0 Å². The Balaban J connectivity index is 1.53. The number of nitrogens with zero attached hydrogens (tertiary/aromatic N) is 5. The topological polar surface area (TPSA) is 73.5 Å². The first-order valence-electron chi connectivity index (χ1n) is 11.0. The van der Waals surface area contributed by atoms with Crippen molar-refractivity contribution >= 4 is 28.5 Å².